The summed E-state index contributed by atoms with van der Waals surface area (Å²) in [6.07, 6.45) is 4.20. The highest BCUT2D eigenvalue weighted by Crippen LogP contribution is 2.19. The van der Waals surface area contributed by atoms with Gasteiger partial charge in [0.2, 0.25) is 0 Å². The quantitative estimate of drug-likeness (QED) is 0.802. The standard InChI is InChI=1S/C14H30N2OS/c1-6-11(3)14-9-16(12(4)10-18(5)17)13(7-2)8-15-14/h11-15H,6-10H2,1-5H3. The molecule has 0 amide bonds. The number of rotatable bonds is 6. The largest absolute Gasteiger partial charge is 0.311 e. The predicted octanol–water partition coefficient (Wildman–Crippen LogP) is 1.85. The lowest BCUT2D eigenvalue weighted by Gasteiger charge is -2.45. The van der Waals surface area contributed by atoms with Crippen molar-refractivity contribution in [3.8, 4) is 0 Å². The topological polar surface area (TPSA) is 32.3 Å². The van der Waals surface area contributed by atoms with Crippen LogP contribution in [0, 0.1) is 5.92 Å². The van der Waals surface area contributed by atoms with Gasteiger partial charge in [0.25, 0.3) is 0 Å². The Hall–Kier alpha value is 0.0700. The Morgan fingerprint density at radius 2 is 2.06 bits per heavy atom. The molecule has 1 aliphatic heterocycles. The van der Waals surface area contributed by atoms with Crippen molar-refractivity contribution in [2.45, 2.75) is 58.7 Å². The summed E-state index contributed by atoms with van der Waals surface area (Å²) >= 11 is 0. The van der Waals surface area contributed by atoms with Crippen LogP contribution in [0.2, 0.25) is 0 Å². The van der Waals surface area contributed by atoms with E-state index >= 15 is 0 Å². The summed E-state index contributed by atoms with van der Waals surface area (Å²) in [5.74, 6) is 1.51. The summed E-state index contributed by atoms with van der Waals surface area (Å²) < 4.78 is 11.4. The molecule has 0 aromatic carbocycles. The lowest BCUT2D eigenvalue weighted by molar-refractivity contribution is 0.0792. The zero-order valence-corrected chi connectivity index (χ0v) is 13.4. The van der Waals surface area contributed by atoms with Gasteiger partial charge in [0, 0.05) is 54.0 Å². The highest BCUT2D eigenvalue weighted by atomic mass is 32.2. The minimum Gasteiger partial charge on any atom is -0.311 e. The van der Waals surface area contributed by atoms with Gasteiger partial charge in [0.15, 0.2) is 0 Å². The Labute approximate surface area is 115 Å². The predicted molar refractivity (Wildman–Crippen MR) is 80.4 cm³/mol. The van der Waals surface area contributed by atoms with E-state index in [2.05, 4.69) is 37.9 Å². The third kappa shape index (κ3) is 4.32. The van der Waals surface area contributed by atoms with Gasteiger partial charge in [-0.2, -0.15) is 0 Å². The van der Waals surface area contributed by atoms with Crippen molar-refractivity contribution in [1.82, 2.24) is 10.2 Å². The van der Waals surface area contributed by atoms with Crippen LogP contribution in [0.5, 0.6) is 0 Å². The van der Waals surface area contributed by atoms with Crippen LogP contribution in [-0.4, -0.2) is 52.3 Å². The van der Waals surface area contributed by atoms with Gasteiger partial charge < -0.3 is 5.32 Å². The lowest BCUT2D eigenvalue weighted by atomic mass is 9.94. The summed E-state index contributed by atoms with van der Waals surface area (Å²) in [7, 11) is -0.700. The maximum atomic E-state index is 11.4. The molecule has 0 spiro atoms. The van der Waals surface area contributed by atoms with E-state index in [9.17, 15) is 4.21 Å². The smallest absolute Gasteiger partial charge is 0.0385 e. The summed E-state index contributed by atoms with van der Waals surface area (Å²) in [6, 6.07) is 1.61. The third-order valence-electron chi connectivity index (χ3n) is 4.34. The molecule has 4 heteroatoms. The molecule has 5 atom stereocenters. The van der Waals surface area contributed by atoms with Crippen LogP contribution in [0.3, 0.4) is 0 Å². The fourth-order valence-corrected chi connectivity index (χ4v) is 3.74. The van der Waals surface area contributed by atoms with Crippen LogP contribution in [0.15, 0.2) is 0 Å². The molecule has 0 radical (unpaired) electrons. The summed E-state index contributed by atoms with van der Waals surface area (Å²) in [5, 5.41) is 3.69. The van der Waals surface area contributed by atoms with Crippen molar-refractivity contribution in [1.29, 1.82) is 0 Å². The maximum Gasteiger partial charge on any atom is 0.0385 e. The first-order valence-electron chi connectivity index (χ1n) is 7.28. The van der Waals surface area contributed by atoms with Crippen molar-refractivity contribution in [3.05, 3.63) is 0 Å². The molecule has 1 aliphatic rings. The molecule has 3 nitrogen and oxygen atoms in total. The van der Waals surface area contributed by atoms with Crippen LogP contribution in [-0.2, 0) is 10.8 Å². The van der Waals surface area contributed by atoms with Crippen molar-refractivity contribution in [2.24, 2.45) is 5.92 Å². The molecule has 1 N–H and O–H groups in total. The summed E-state index contributed by atoms with van der Waals surface area (Å²) in [6.45, 7) is 11.2. The monoisotopic (exact) mass is 274 g/mol. The van der Waals surface area contributed by atoms with Gasteiger partial charge >= 0.3 is 0 Å². The first-order chi connectivity index (χ1) is 8.49. The molecule has 0 aromatic heterocycles. The Balaban J connectivity index is 2.66. The number of hydrogen-bond donors (Lipinski definition) is 1. The van der Waals surface area contributed by atoms with Gasteiger partial charge in [0.1, 0.15) is 0 Å². The molecule has 0 aromatic rings. The van der Waals surface area contributed by atoms with Crippen LogP contribution in [0.1, 0.15) is 40.5 Å². The molecular weight excluding hydrogens is 244 g/mol. The molecule has 0 saturated carbocycles. The van der Waals surface area contributed by atoms with Crippen LogP contribution >= 0.6 is 0 Å². The molecule has 0 bridgehead atoms. The Morgan fingerprint density at radius 3 is 2.56 bits per heavy atom. The fraction of sp³-hybridized carbons (Fsp3) is 1.00. The van der Waals surface area contributed by atoms with Crippen LogP contribution in [0.4, 0.5) is 0 Å². The zero-order chi connectivity index (χ0) is 13.7. The van der Waals surface area contributed by atoms with E-state index in [4.69, 9.17) is 0 Å². The summed E-state index contributed by atoms with van der Waals surface area (Å²) in [4.78, 5) is 2.58. The van der Waals surface area contributed by atoms with Crippen LogP contribution < -0.4 is 5.32 Å². The molecule has 0 aliphatic carbocycles. The van der Waals surface area contributed by atoms with Crippen molar-refractivity contribution in [3.63, 3.8) is 0 Å². The van der Waals surface area contributed by atoms with E-state index < -0.39 is 10.8 Å². The maximum absolute atomic E-state index is 11.4. The SMILES string of the molecule is CCC(C)C1CN(C(C)CS(C)=O)C(CC)CN1. The van der Waals surface area contributed by atoms with Gasteiger partial charge in [-0.1, -0.05) is 27.2 Å². The number of nitrogens with zero attached hydrogens (tertiary/aromatic N) is 1. The normalized spacial score (nSPS) is 30.9. The summed E-state index contributed by atoms with van der Waals surface area (Å²) in [5.41, 5.74) is 0. The zero-order valence-electron chi connectivity index (χ0n) is 12.6. The highest BCUT2D eigenvalue weighted by molar-refractivity contribution is 7.84. The molecule has 18 heavy (non-hydrogen) atoms. The average Bonchev–Trinajstić information content (AvgIpc) is 2.36. The molecule has 1 rings (SSSR count). The van der Waals surface area contributed by atoms with Crippen molar-refractivity contribution in [2.75, 3.05) is 25.1 Å². The lowest BCUT2D eigenvalue weighted by Crippen LogP contribution is -2.61. The minimum atomic E-state index is -0.700. The van der Waals surface area contributed by atoms with Crippen LogP contribution in [0.25, 0.3) is 0 Å². The second-order valence-corrected chi connectivity index (χ2v) is 7.23. The second kappa shape index (κ2) is 7.61. The molecule has 1 fully saturated rings. The van der Waals surface area contributed by atoms with Crippen molar-refractivity contribution < 1.29 is 4.21 Å². The molecular formula is C14H30N2OS. The average molecular weight is 274 g/mol. The number of nitrogens with one attached hydrogen (secondary N) is 1. The Bertz CT molecular complexity index is 273. The molecule has 1 saturated heterocycles. The van der Waals surface area contributed by atoms with E-state index in [-0.39, 0.29) is 0 Å². The Kier molecular flexibility index (Phi) is 6.82. The number of hydrogen-bond acceptors (Lipinski definition) is 3. The van der Waals surface area contributed by atoms with Gasteiger partial charge in [0.05, 0.1) is 0 Å². The van der Waals surface area contributed by atoms with E-state index in [0.29, 0.717) is 24.0 Å². The molecule has 5 unspecified atom stereocenters. The first kappa shape index (κ1) is 16.1. The van der Waals surface area contributed by atoms with Gasteiger partial charge in [-0.3, -0.25) is 9.11 Å². The molecule has 108 valence electrons. The highest BCUT2D eigenvalue weighted by Gasteiger charge is 2.32. The van der Waals surface area contributed by atoms with E-state index in [1.54, 1.807) is 0 Å². The third-order valence-corrected chi connectivity index (χ3v) is 5.29. The van der Waals surface area contributed by atoms with Gasteiger partial charge in [-0.05, 0) is 19.3 Å². The fourth-order valence-electron chi connectivity index (χ4n) is 2.87. The van der Waals surface area contributed by atoms with Gasteiger partial charge in [-0.25, -0.2) is 0 Å². The first-order valence-corrected chi connectivity index (χ1v) is 9.01. The number of piperazine rings is 1. The Morgan fingerprint density at radius 1 is 1.39 bits per heavy atom. The molecule has 1 heterocycles. The van der Waals surface area contributed by atoms with E-state index in [0.717, 1.165) is 18.8 Å². The van der Waals surface area contributed by atoms with Gasteiger partial charge in [-0.15, -0.1) is 0 Å². The van der Waals surface area contributed by atoms with E-state index in [1.807, 2.05) is 6.26 Å². The minimum absolute atomic E-state index is 0.425. The second-order valence-electron chi connectivity index (χ2n) is 5.75. The van der Waals surface area contributed by atoms with Crippen molar-refractivity contribution >= 4 is 10.8 Å². The van der Waals surface area contributed by atoms with E-state index in [1.165, 1.54) is 12.8 Å².